The van der Waals surface area contributed by atoms with Crippen LogP contribution in [0.15, 0.2) is 59.6 Å². The molecular weight excluding hydrogens is 424 g/mol. The van der Waals surface area contributed by atoms with Crippen molar-refractivity contribution < 1.29 is 18.1 Å². The van der Waals surface area contributed by atoms with E-state index in [0.717, 1.165) is 12.1 Å². The second kappa shape index (κ2) is 9.73. The van der Waals surface area contributed by atoms with Gasteiger partial charge < -0.3 is 20.9 Å². The lowest BCUT2D eigenvalue weighted by molar-refractivity contribution is 0.100. The molecular formula is C21H21F2N5O2S. The van der Waals surface area contributed by atoms with Gasteiger partial charge in [-0.15, -0.1) is 4.31 Å². The van der Waals surface area contributed by atoms with Crippen LogP contribution in [0, 0.1) is 11.6 Å². The zero-order valence-corrected chi connectivity index (χ0v) is 17.7. The highest BCUT2D eigenvalue weighted by Gasteiger charge is 2.15. The van der Waals surface area contributed by atoms with E-state index >= 15 is 0 Å². The van der Waals surface area contributed by atoms with Gasteiger partial charge in [-0.3, -0.25) is 4.79 Å². The molecule has 3 aromatic rings. The molecule has 2 aromatic carbocycles. The molecule has 4 N–H and O–H groups in total. The fourth-order valence-corrected chi connectivity index (χ4v) is 3.56. The Bertz CT molecular complexity index is 1060. The van der Waals surface area contributed by atoms with Crippen LogP contribution in [-0.4, -0.2) is 33.8 Å². The Morgan fingerprint density at radius 2 is 1.81 bits per heavy atom. The minimum absolute atomic E-state index is 0.0824. The Morgan fingerprint density at radius 1 is 1.16 bits per heavy atom. The van der Waals surface area contributed by atoms with Crippen LogP contribution in [0.2, 0.25) is 0 Å². The van der Waals surface area contributed by atoms with Crippen LogP contribution >= 0.6 is 0 Å². The molecule has 0 bridgehead atoms. The van der Waals surface area contributed by atoms with E-state index in [2.05, 4.69) is 15.6 Å². The zero-order valence-electron chi connectivity index (χ0n) is 16.9. The second-order valence-electron chi connectivity index (χ2n) is 6.74. The number of halogens is 2. The van der Waals surface area contributed by atoms with Gasteiger partial charge in [-0.25, -0.2) is 13.8 Å². The Kier molecular flexibility index (Phi) is 7.06. The number of pyridine rings is 1. The summed E-state index contributed by atoms with van der Waals surface area (Å²) in [4.78, 5) is 16.5. The molecule has 0 saturated heterocycles. The number of nitrogens with one attached hydrogen (secondary N) is 2. The summed E-state index contributed by atoms with van der Waals surface area (Å²) in [5, 5.41) is 5.91. The minimum atomic E-state index is -1.26. The number of hydrogen-bond donors (Lipinski definition) is 3. The predicted molar refractivity (Wildman–Crippen MR) is 116 cm³/mol. The lowest BCUT2D eigenvalue weighted by atomic mass is 10.1. The smallest absolute Gasteiger partial charge is 0.252 e. The third-order valence-electron chi connectivity index (χ3n) is 4.35. The first-order chi connectivity index (χ1) is 14.8. The first-order valence-corrected chi connectivity index (χ1v) is 10.3. The van der Waals surface area contributed by atoms with Gasteiger partial charge in [0, 0.05) is 44.2 Å². The summed E-state index contributed by atoms with van der Waals surface area (Å²) in [6, 6.07) is 12.0. The van der Waals surface area contributed by atoms with Crippen LogP contribution in [0.1, 0.15) is 15.9 Å². The molecule has 0 radical (unpaired) electrons. The summed E-state index contributed by atoms with van der Waals surface area (Å²) in [6.45, 7) is -0.187. The van der Waals surface area contributed by atoms with Gasteiger partial charge in [0.2, 0.25) is 0 Å². The van der Waals surface area contributed by atoms with Gasteiger partial charge in [0.25, 0.3) is 5.91 Å². The van der Waals surface area contributed by atoms with Crippen molar-refractivity contribution in [1.82, 2.24) is 9.29 Å². The summed E-state index contributed by atoms with van der Waals surface area (Å²) in [5.41, 5.74) is 6.27. The average molecular weight is 445 g/mol. The number of primary amides is 1. The molecule has 0 saturated carbocycles. The molecule has 31 heavy (non-hydrogen) atoms. The van der Waals surface area contributed by atoms with Crippen molar-refractivity contribution >= 4 is 34.5 Å². The molecule has 1 amide bonds. The lowest BCUT2D eigenvalue weighted by Gasteiger charge is -2.16. The van der Waals surface area contributed by atoms with Crippen molar-refractivity contribution in [3.63, 3.8) is 0 Å². The molecule has 0 aliphatic heterocycles. The van der Waals surface area contributed by atoms with Crippen LogP contribution in [-0.2, 0) is 17.9 Å². The van der Waals surface area contributed by atoms with E-state index in [1.165, 1.54) is 18.3 Å². The van der Waals surface area contributed by atoms with E-state index < -0.39 is 28.9 Å². The van der Waals surface area contributed by atoms with Gasteiger partial charge in [0.15, 0.2) is 4.90 Å². The van der Waals surface area contributed by atoms with Crippen LogP contribution in [0.4, 0.5) is 26.0 Å². The van der Waals surface area contributed by atoms with E-state index in [1.54, 1.807) is 42.7 Å². The molecule has 10 heteroatoms. The topological polar surface area (TPSA) is 106 Å². The molecule has 7 nitrogen and oxygen atoms in total. The van der Waals surface area contributed by atoms with E-state index in [0.29, 0.717) is 16.4 Å². The van der Waals surface area contributed by atoms with E-state index in [9.17, 15) is 18.1 Å². The van der Waals surface area contributed by atoms with Crippen molar-refractivity contribution in [2.45, 2.75) is 11.4 Å². The van der Waals surface area contributed by atoms with Gasteiger partial charge in [-0.2, -0.15) is 0 Å². The number of rotatable bonds is 8. The van der Waals surface area contributed by atoms with Crippen LogP contribution in [0.3, 0.4) is 0 Å². The zero-order chi connectivity index (χ0) is 22.5. The number of nitrogens with two attached hydrogens (primary N) is 1. The highest BCUT2D eigenvalue weighted by molar-refractivity contribution is 7.89. The number of anilines is 3. The highest BCUT2D eigenvalue weighted by Crippen LogP contribution is 2.24. The number of aromatic nitrogens is 1. The Hall–Kier alpha value is -3.21. The molecule has 0 fully saturated rings. The summed E-state index contributed by atoms with van der Waals surface area (Å²) < 4.78 is 41.5. The van der Waals surface area contributed by atoms with Gasteiger partial charge in [0.1, 0.15) is 17.5 Å². The largest absolute Gasteiger partial charge is 0.593 e. The first-order valence-electron chi connectivity index (χ1n) is 9.19. The molecule has 1 aromatic heterocycles. The molecule has 0 aliphatic rings. The van der Waals surface area contributed by atoms with E-state index in [1.807, 2.05) is 0 Å². The van der Waals surface area contributed by atoms with Crippen LogP contribution < -0.4 is 16.4 Å². The normalized spacial score (nSPS) is 11.9. The molecule has 0 spiro atoms. The monoisotopic (exact) mass is 445 g/mol. The Morgan fingerprint density at radius 3 is 2.39 bits per heavy atom. The first kappa shape index (κ1) is 22.5. The SMILES string of the molecule is CN(C)[S+]([O-])c1ccc(Nc2cc(NCc3c(F)cccc3F)c(C(N)=O)cn2)cc1. The van der Waals surface area contributed by atoms with Gasteiger partial charge in [0.05, 0.1) is 22.6 Å². The van der Waals surface area contributed by atoms with Gasteiger partial charge >= 0.3 is 0 Å². The van der Waals surface area contributed by atoms with Crippen LogP contribution in [0.5, 0.6) is 0 Å². The fourth-order valence-electron chi connectivity index (χ4n) is 2.76. The number of hydrogen-bond acceptors (Lipinski definition) is 6. The summed E-state index contributed by atoms with van der Waals surface area (Å²) in [5.74, 6) is -1.75. The van der Waals surface area contributed by atoms with Gasteiger partial charge in [-0.05, 0) is 36.4 Å². The number of benzene rings is 2. The summed E-state index contributed by atoms with van der Waals surface area (Å²) in [6.07, 6.45) is 1.28. The van der Waals surface area contributed by atoms with E-state index in [-0.39, 0.29) is 23.4 Å². The minimum Gasteiger partial charge on any atom is -0.593 e. The quantitative estimate of drug-likeness (QED) is 0.459. The summed E-state index contributed by atoms with van der Waals surface area (Å²) >= 11 is -1.26. The lowest BCUT2D eigenvalue weighted by Crippen LogP contribution is -2.22. The molecule has 0 aliphatic carbocycles. The molecule has 1 atom stereocenters. The van der Waals surface area contributed by atoms with Crippen molar-refractivity contribution in [3.8, 4) is 0 Å². The Labute approximate surface area is 181 Å². The third-order valence-corrected chi connectivity index (χ3v) is 5.69. The Balaban J connectivity index is 1.80. The van der Waals surface area contributed by atoms with Crippen molar-refractivity contribution in [2.24, 2.45) is 5.73 Å². The average Bonchev–Trinajstić information content (AvgIpc) is 2.73. The summed E-state index contributed by atoms with van der Waals surface area (Å²) in [7, 11) is 3.43. The van der Waals surface area contributed by atoms with Crippen molar-refractivity contribution in [3.05, 3.63) is 77.5 Å². The standard InChI is InChI=1S/C21H21F2N5O2S/c1-28(2)31(30)14-8-6-13(7-9-14)27-20-10-19(16(12-26-20)21(24)29)25-11-15-17(22)4-3-5-18(15)23/h3-10,12H,11H2,1-2H3,(H2,24,29)(H2,25,26,27). The number of nitrogens with zero attached hydrogens (tertiary/aromatic N) is 2. The van der Waals surface area contributed by atoms with Crippen LogP contribution in [0.25, 0.3) is 0 Å². The predicted octanol–water partition coefficient (Wildman–Crippen LogP) is 3.40. The maximum atomic E-state index is 13.9. The fraction of sp³-hybridized carbons (Fsp3) is 0.143. The number of carbonyl (C=O) groups is 1. The van der Waals surface area contributed by atoms with E-state index in [4.69, 9.17) is 5.73 Å². The number of carbonyl (C=O) groups excluding carboxylic acids is 1. The maximum Gasteiger partial charge on any atom is 0.252 e. The molecule has 1 unspecified atom stereocenters. The number of amides is 1. The second-order valence-corrected chi connectivity index (χ2v) is 8.44. The third kappa shape index (κ3) is 5.48. The molecule has 3 rings (SSSR count). The molecule has 1 heterocycles. The highest BCUT2D eigenvalue weighted by atomic mass is 32.2. The maximum absolute atomic E-state index is 13.9. The van der Waals surface area contributed by atoms with Crippen molar-refractivity contribution in [2.75, 3.05) is 24.7 Å². The van der Waals surface area contributed by atoms with Gasteiger partial charge in [-0.1, -0.05) is 6.07 Å². The van der Waals surface area contributed by atoms with Crippen molar-refractivity contribution in [1.29, 1.82) is 0 Å². The molecule has 162 valence electrons.